The van der Waals surface area contributed by atoms with Crippen LogP contribution in [0.2, 0.25) is 0 Å². The van der Waals surface area contributed by atoms with Crippen LogP contribution in [0, 0.1) is 5.92 Å². The van der Waals surface area contributed by atoms with Crippen LogP contribution in [-0.4, -0.2) is 40.6 Å². The Balaban J connectivity index is 1.88. The highest BCUT2D eigenvalue weighted by atomic mass is 16.3. The fourth-order valence-corrected chi connectivity index (χ4v) is 2.18. The van der Waals surface area contributed by atoms with E-state index in [4.69, 9.17) is 5.11 Å². The standard InChI is InChI=1S/C12H16N2O2/c15-9-12(16)14-5-3-11(8-14)6-10-2-1-4-13-7-10/h1-2,4,7,11,15H,3,5-6,8-9H2. The molecule has 1 aromatic rings. The number of aliphatic hydroxyl groups excluding tert-OH is 1. The maximum absolute atomic E-state index is 11.3. The number of carbonyl (C=O) groups excluding carboxylic acids is 1. The van der Waals surface area contributed by atoms with E-state index in [1.807, 2.05) is 12.3 Å². The van der Waals surface area contributed by atoms with E-state index in [0.29, 0.717) is 5.92 Å². The highest BCUT2D eigenvalue weighted by Gasteiger charge is 2.25. The van der Waals surface area contributed by atoms with Gasteiger partial charge in [-0.3, -0.25) is 9.78 Å². The van der Waals surface area contributed by atoms with Crippen LogP contribution in [0.1, 0.15) is 12.0 Å². The topological polar surface area (TPSA) is 53.4 Å². The van der Waals surface area contributed by atoms with E-state index in [1.54, 1.807) is 11.1 Å². The molecule has 1 unspecified atom stereocenters. The van der Waals surface area contributed by atoms with E-state index in [2.05, 4.69) is 11.1 Å². The molecule has 4 heteroatoms. The molecule has 0 bridgehead atoms. The second-order valence-corrected chi connectivity index (χ2v) is 4.22. The number of likely N-dealkylation sites (tertiary alicyclic amines) is 1. The third-order valence-electron chi connectivity index (χ3n) is 3.02. The molecule has 86 valence electrons. The Kier molecular flexibility index (Phi) is 3.51. The highest BCUT2D eigenvalue weighted by Crippen LogP contribution is 2.20. The van der Waals surface area contributed by atoms with Gasteiger partial charge >= 0.3 is 0 Å². The van der Waals surface area contributed by atoms with Crippen LogP contribution in [0.4, 0.5) is 0 Å². The van der Waals surface area contributed by atoms with E-state index in [0.717, 1.165) is 25.9 Å². The van der Waals surface area contributed by atoms with Crippen molar-refractivity contribution in [3.05, 3.63) is 30.1 Å². The molecular formula is C12H16N2O2. The summed E-state index contributed by atoms with van der Waals surface area (Å²) in [6.45, 7) is 1.15. The van der Waals surface area contributed by atoms with Crippen molar-refractivity contribution >= 4 is 5.91 Å². The van der Waals surface area contributed by atoms with E-state index >= 15 is 0 Å². The number of carbonyl (C=O) groups is 1. The minimum atomic E-state index is -0.375. The maximum atomic E-state index is 11.3. The normalized spacial score (nSPS) is 20.1. The summed E-state index contributed by atoms with van der Waals surface area (Å²) in [5.74, 6) is 0.341. The molecule has 1 fully saturated rings. The lowest BCUT2D eigenvalue weighted by atomic mass is 10.0. The lowest BCUT2D eigenvalue weighted by molar-refractivity contribution is -0.133. The van der Waals surface area contributed by atoms with E-state index in [9.17, 15) is 4.79 Å². The number of amides is 1. The Hall–Kier alpha value is -1.42. The molecule has 1 N–H and O–H groups in total. The van der Waals surface area contributed by atoms with Gasteiger partial charge < -0.3 is 10.0 Å². The third-order valence-corrected chi connectivity index (χ3v) is 3.02. The van der Waals surface area contributed by atoms with Crippen LogP contribution in [0.5, 0.6) is 0 Å². The first kappa shape index (κ1) is 11.1. The summed E-state index contributed by atoms with van der Waals surface area (Å²) in [4.78, 5) is 17.1. The second-order valence-electron chi connectivity index (χ2n) is 4.22. The van der Waals surface area contributed by atoms with Crippen molar-refractivity contribution in [3.8, 4) is 0 Å². The van der Waals surface area contributed by atoms with Crippen LogP contribution in [0.3, 0.4) is 0 Å². The molecule has 16 heavy (non-hydrogen) atoms. The third kappa shape index (κ3) is 2.58. The molecule has 1 aliphatic heterocycles. The molecule has 0 spiro atoms. The molecule has 1 aliphatic rings. The minimum absolute atomic E-state index is 0.159. The van der Waals surface area contributed by atoms with E-state index in [1.165, 1.54) is 5.56 Å². The van der Waals surface area contributed by atoms with E-state index in [-0.39, 0.29) is 12.5 Å². The lowest BCUT2D eigenvalue weighted by Crippen LogP contribution is -2.31. The first-order chi connectivity index (χ1) is 7.79. The van der Waals surface area contributed by atoms with Crippen molar-refractivity contribution in [3.63, 3.8) is 0 Å². The van der Waals surface area contributed by atoms with Gasteiger partial charge in [-0.2, -0.15) is 0 Å². The maximum Gasteiger partial charge on any atom is 0.248 e. The fraction of sp³-hybridized carbons (Fsp3) is 0.500. The molecule has 1 saturated heterocycles. The van der Waals surface area contributed by atoms with Gasteiger partial charge in [0.1, 0.15) is 6.61 Å². The quantitative estimate of drug-likeness (QED) is 0.805. The van der Waals surface area contributed by atoms with Crippen molar-refractivity contribution in [1.29, 1.82) is 0 Å². The Labute approximate surface area is 94.9 Å². The predicted molar refractivity (Wildman–Crippen MR) is 59.7 cm³/mol. The molecule has 0 saturated carbocycles. The summed E-state index contributed by atoms with van der Waals surface area (Å²) >= 11 is 0. The molecule has 0 aromatic carbocycles. The monoisotopic (exact) mass is 220 g/mol. The summed E-state index contributed by atoms with van der Waals surface area (Å²) in [7, 11) is 0. The first-order valence-corrected chi connectivity index (χ1v) is 5.57. The van der Waals surface area contributed by atoms with Gasteiger partial charge in [0.25, 0.3) is 0 Å². The van der Waals surface area contributed by atoms with Crippen molar-refractivity contribution in [1.82, 2.24) is 9.88 Å². The molecule has 1 amide bonds. The molecule has 1 atom stereocenters. The number of hydrogen-bond donors (Lipinski definition) is 1. The number of nitrogens with zero attached hydrogens (tertiary/aromatic N) is 2. The van der Waals surface area contributed by atoms with Crippen molar-refractivity contribution in [2.24, 2.45) is 5.92 Å². The van der Waals surface area contributed by atoms with Gasteiger partial charge in [-0.1, -0.05) is 6.07 Å². The second kappa shape index (κ2) is 5.07. The molecule has 4 nitrogen and oxygen atoms in total. The van der Waals surface area contributed by atoms with Crippen molar-refractivity contribution in [2.45, 2.75) is 12.8 Å². The van der Waals surface area contributed by atoms with Crippen LogP contribution in [-0.2, 0) is 11.2 Å². The van der Waals surface area contributed by atoms with E-state index < -0.39 is 0 Å². The number of hydrogen-bond acceptors (Lipinski definition) is 3. The summed E-state index contributed by atoms with van der Waals surface area (Å²) in [5, 5.41) is 8.77. The van der Waals surface area contributed by atoms with Gasteiger partial charge in [-0.15, -0.1) is 0 Å². The van der Waals surface area contributed by atoms with Crippen molar-refractivity contribution in [2.75, 3.05) is 19.7 Å². The molecule has 1 aromatic heterocycles. The molecular weight excluding hydrogens is 204 g/mol. The van der Waals surface area contributed by atoms with Crippen LogP contribution >= 0.6 is 0 Å². The summed E-state index contributed by atoms with van der Waals surface area (Å²) in [6.07, 6.45) is 5.61. The average molecular weight is 220 g/mol. The average Bonchev–Trinajstić information content (AvgIpc) is 2.78. The highest BCUT2D eigenvalue weighted by molar-refractivity contribution is 5.77. The Morgan fingerprint density at radius 3 is 3.19 bits per heavy atom. The van der Waals surface area contributed by atoms with Gasteiger partial charge in [0.2, 0.25) is 5.91 Å². The Bertz CT molecular complexity index is 353. The summed E-state index contributed by atoms with van der Waals surface area (Å²) < 4.78 is 0. The first-order valence-electron chi connectivity index (χ1n) is 5.57. The number of rotatable bonds is 3. The zero-order chi connectivity index (χ0) is 11.4. The number of pyridine rings is 1. The van der Waals surface area contributed by atoms with Gasteiger partial charge in [0.05, 0.1) is 0 Å². The molecule has 0 aliphatic carbocycles. The van der Waals surface area contributed by atoms with Gasteiger partial charge in [0.15, 0.2) is 0 Å². The fourth-order valence-electron chi connectivity index (χ4n) is 2.18. The van der Waals surface area contributed by atoms with Gasteiger partial charge in [-0.05, 0) is 30.4 Å². The molecule has 2 heterocycles. The SMILES string of the molecule is O=C(CO)N1CCC(Cc2cccnc2)C1. The van der Waals surface area contributed by atoms with Crippen LogP contribution in [0.15, 0.2) is 24.5 Å². The Morgan fingerprint density at radius 1 is 1.62 bits per heavy atom. The van der Waals surface area contributed by atoms with Gasteiger partial charge in [0, 0.05) is 25.5 Å². The number of aliphatic hydroxyl groups is 1. The predicted octanol–water partition coefficient (Wildman–Crippen LogP) is 0.465. The molecule has 0 radical (unpaired) electrons. The minimum Gasteiger partial charge on any atom is -0.387 e. The molecule has 2 rings (SSSR count). The largest absolute Gasteiger partial charge is 0.387 e. The summed E-state index contributed by atoms with van der Waals surface area (Å²) in [6, 6.07) is 3.99. The smallest absolute Gasteiger partial charge is 0.248 e. The van der Waals surface area contributed by atoms with Gasteiger partial charge in [-0.25, -0.2) is 0 Å². The Morgan fingerprint density at radius 2 is 2.50 bits per heavy atom. The zero-order valence-corrected chi connectivity index (χ0v) is 9.17. The zero-order valence-electron chi connectivity index (χ0n) is 9.17. The summed E-state index contributed by atoms with van der Waals surface area (Å²) in [5.41, 5.74) is 1.21. The lowest BCUT2D eigenvalue weighted by Gasteiger charge is -2.14. The van der Waals surface area contributed by atoms with Crippen LogP contribution in [0.25, 0.3) is 0 Å². The number of aromatic nitrogens is 1. The van der Waals surface area contributed by atoms with Crippen LogP contribution < -0.4 is 0 Å². The van der Waals surface area contributed by atoms with Crippen molar-refractivity contribution < 1.29 is 9.90 Å².